The molecule has 0 bridgehead atoms. The highest BCUT2D eigenvalue weighted by Crippen LogP contribution is 2.01. The van der Waals surface area contributed by atoms with Gasteiger partial charge in [-0.05, 0) is 13.3 Å². The molecule has 0 rings (SSSR count). The molecular formula is C10H20O3. The number of aliphatic hydroxyl groups excluding tert-OH is 1. The first kappa shape index (κ1) is 12.4. The van der Waals surface area contributed by atoms with Gasteiger partial charge in [0.25, 0.3) is 0 Å². The van der Waals surface area contributed by atoms with Crippen molar-refractivity contribution in [2.24, 2.45) is 0 Å². The van der Waals surface area contributed by atoms with Crippen LogP contribution >= 0.6 is 0 Å². The van der Waals surface area contributed by atoms with E-state index in [1.807, 2.05) is 0 Å². The first-order valence-electron chi connectivity index (χ1n) is 5.00. The zero-order valence-corrected chi connectivity index (χ0v) is 8.58. The van der Waals surface area contributed by atoms with Crippen LogP contribution < -0.4 is 0 Å². The van der Waals surface area contributed by atoms with E-state index in [1.54, 1.807) is 6.92 Å². The molecule has 0 aromatic rings. The number of hydrogen-bond acceptors (Lipinski definition) is 3. The van der Waals surface area contributed by atoms with Gasteiger partial charge in [0.05, 0.1) is 12.7 Å². The monoisotopic (exact) mass is 188 g/mol. The summed E-state index contributed by atoms with van der Waals surface area (Å²) in [7, 11) is 0. The van der Waals surface area contributed by atoms with Gasteiger partial charge in [-0.2, -0.15) is 0 Å². The van der Waals surface area contributed by atoms with Crippen molar-refractivity contribution in [3.8, 4) is 0 Å². The third kappa shape index (κ3) is 9.34. The summed E-state index contributed by atoms with van der Waals surface area (Å²) < 4.78 is 4.90. The number of unbranched alkanes of at least 4 members (excludes halogenated alkanes) is 2. The van der Waals surface area contributed by atoms with Crippen LogP contribution in [0.4, 0.5) is 0 Å². The van der Waals surface area contributed by atoms with Crippen LogP contribution in [0.5, 0.6) is 0 Å². The van der Waals surface area contributed by atoms with Crippen LogP contribution in [0.15, 0.2) is 0 Å². The van der Waals surface area contributed by atoms with Gasteiger partial charge < -0.3 is 9.84 Å². The predicted molar refractivity (Wildman–Crippen MR) is 51.4 cm³/mol. The lowest BCUT2D eigenvalue weighted by molar-refractivity contribution is -0.144. The van der Waals surface area contributed by atoms with Gasteiger partial charge in [0, 0.05) is 12.8 Å². The van der Waals surface area contributed by atoms with E-state index in [2.05, 4.69) is 6.92 Å². The molecule has 13 heavy (non-hydrogen) atoms. The van der Waals surface area contributed by atoms with E-state index in [9.17, 15) is 4.79 Å². The second kappa shape index (κ2) is 8.05. The molecular weight excluding hydrogens is 168 g/mol. The van der Waals surface area contributed by atoms with Gasteiger partial charge in [0.1, 0.15) is 0 Å². The Morgan fingerprint density at radius 3 is 2.69 bits per heavy atom. The summed E-state index contributed by atoms with van der Waals surface area (Å²) in [5.74, 6) is -0.144. The molecule has 0 aliphatic heterocycles. The molecule has 1 N–H and O–H groups in total. The molecule has 0 aliphatic carbocycles. The summed E-state index contributed by atoms with van der Waals surface area (Å²) in [6.07, 6.45) is 3.74. The lowest BCUT2D eigenvalue weighted by atomic mass is 10.2. The SMILES string of the molecule is CCCCCC(=O)OCCC(C)O. The molecule has 0 fully saturated rings. The topological polar surface area (TPSA) is 46.5 Å². The Kier molecular flexibility index (Phi) is 7.69. The van der Waals surface area contributed by atoms with Gasteiger partial charge in [0.2, 0.25) is 0 Å². The highest BCUT2D eigenvalue weighted by Gasteiger charge is 2.02. The normalized spacial score (nSPS) is 12.5. The first-order chi connectivity index (χ1) is 6.16. The summed E-state index contributed by atoms with van der Waals surface area (Å²) >= 11 is 0. The average Bonchev–Trinajstić information content (AvgIpc) is 2.04. The Bertz CT molecular complexity index is 132. The lowest BCUT2D eigenvalue weighted by Crippen LogP contribution is -2.10. The van der Waals surface area contributed by atoms with E-state index in [0.29, 0.717) is 19.4 Å². The molecule has 1 atom stereocenters. The lowest BCUT2D eigenvalue weighted by Gasteiger charge is -2.05. The van der Waals surface area contributed by atoms with Gasteiger partial charge in [-0.1, -0.05) is 19.8 Å². The Hall–Kier alpha value is -0.570. The molecule has 0 radical (unpaired) electrons. The van der Waals surface area contributed by atoms with Gasteiger partial charge in [0.15, 0.2) is 0 Å². The molecule has 3 nitrogen and oxygen atoms in total. The van der Waals surface area contributed by atoms with E-state index < -0.39 is 0 Å². The van der Waals surface area contributed by atoms with E-state index in [-0.39, 0.29) is 12.1 Å². The van der Waals surface area contributed by atoms with Crippen molar-refractivity contribution in [2.45, 2.75) is 52.1 Å². The highest BCUT2D eigenvalue weighted by molar-refractivity contribution is 5.69. The molecule has 0 aromatic carbocycles. The summed E-state index contributed by atoms with van der Waals surface area (Å²) in [6.45, 7) is 4.12. The van der Waals surface area contributed by atoms with Crippen molar-refractivity contribution in [1.82, 2.24) is 0 Å². The number of esters is 1. The number of carbonyl (C=O) groups excluding carboxylic acids is 1. The summed E-state index contributed by atoms with van der Waals surface area (Å²) in [6, 6.07) is 0. The molecule has 0 aliphatic rings. The maximum atomic E-state index is 11.0. The van der Waals surface area contributed by atoms with Crippen molar-refractivity contribution in [3.63, 3.8) is 0 Å². The minimum absolute atomic E-state index is 0.144. The second-order valence-electron chi connectivity index (χ2n) is 3.32. The molecule has 0 spiro atoms. The van der Waals surface area contributed by atoms with Crippen LogP contribution in [-0.4, -0.2) is 23.8 Å². The Labute approximate surface area is 80.1 Å². The average molecular weight is 188 g/mol. The van der Waals surface area contributed by atoms with Crippen molar-refractivity contribution < 1.29 is 14.6 Å². The molecule has 3 heteroatoms. The first-order valence-corrected chi connectivity index (χ1v) is 5.00. The fraction of sp³-hybridized carbons (Fsp3) is 0.900. The number of hydrogen-bond donors (Lipinski definition) is 1. The molecule has 0 saturated heterocycles. The summed E-state index contributed by atoms with van der Waals surface area (Å²) in [5.41, 5.74) is 0. The molecule has 78 valence electrons. The molecule has 0 heterocycles. The van der Waals surface area contributed by atoms with Crippen LogP contribution in [0.3, 0.4) is 0 Å². The standard InChI is InChI=1S/C10H20O3/c1-3-4-5-6-10(12)13-8-7-9(2)11/h9,11H,3-8H2,1-2H3. The van der Waals surface area contributed by atoms with Gasteiger partial charge >= 0.3 is 5.97 Å². The number of aliphatic hydroxyl groups is 1. The zero-order valence-electron chi connectivity index (χ0n) is 8.58. The minimum atomic E-state index is -0.386. The molecule has 0 aromatic heterocycles. The van der Waals surface area contributed by atoms with E-state index in [1.165, 1.54) is 0 Å². The largest absolute Gasteiger partial charge is 0.466 e. The Morgan fingerprint density at radius 1 is 1.46 bits per heavy atom. The van der Waals surface area contributed by atoms with E-state index in [0.717, 1.165) is 19.3 Å². The number of ether oxygens (including phenoxy) is 1. The van der Waals surface area contributed by atoms with Gasteiger partial charge in [-0.3, -0.25) is 4.79 Å². The van der Waals surface area contributed by atoms with Crippen molar-refractivity contribution in [3.05, 3.63) is 0 Å². The van der Waals surface area contributed by atoms with Crippen molar-refractivity contribution >= 4 is 5.97 Å². The minimum Gasteiger partial charge on any atom is -0.466 e. The third-order valence-corrected chi connectivity index (χ3v) is 1.78. The van der Waals surface area contributed by atoms with Crippen LogP contribution in [-0.2, 0) is 9.53 Å². The van der Waals surface area contributed by atoms with Crippen LogP contribution in [0.2, 0.25) is 0 Å². The third-order valence-electron chi connectivity index (χ3n) is 1.78. The van der Waals surface area contributed by atoms with Gasteiger partial charge in [-0.25, -0.2) is 0 Å². The highest BCUT2D eigenvalue weighted by atomic mass is 16.5. The van der Waals surface area contributed by atoms with Crippen LogP contribution in [0.25, 0.3) is 0 Å². The summed E-state index contributed by atoms with van der Waals surface area (Å²) in [5, 5.41) is 8.89. The van der Waals surface area contributed by atoms with Crippen LogP contribution in [0.1, 0.15) is 46.0 Å². The smallest absolute Gasteiger partial charge is 0.305 e. The Morgan fingerprint density at radius 2 is 2.15 bits per heavy atom. The van der Waals surface area contributed by atoms with Crippen molar-refractivity contribution in [2.75, 3.05) is 6.61 Å². The molecule has 0 saturated carbocycles. The van der Waals surface area contributed by atoms with Crippen LogP contribution in [0, 0.1) is 0 Å². The quantitative estimate of drug-likeness (QED) is 0.490. The molecule has 1 unspecified atom stereocenters. The van der Waals surface area contributed by atoms with E-state index >= 15 is 0 Å². The predicted octanol–water partition coefficient (Wildman–Crippen LogP) is 1.88. The fourth-order valence-electron chi connectivity index (χ4n) is 0.935. The maximum Gasteiger partial charge on any atom is 0.305 e. The molecule has 0 amide bonds. The van der Waals surface area contributed by atoms with Crippen molar-refractivity contribution in [1.29, 1.82) is 0 Å². The second-order valence-corrected chi connectivity index (χ2v) is 3.32. The van der Waals surface area contributed by atoms with Gasteiger partial charge in [-0.15, -0.1) is 0 Å². The Balaban J connectivity index is 3.20. The maximum absolute atomic E-state index is 11.0. The summed E-state index contributed by atoms with van der Waals surface area (Å²) in [4.78, 5) is 11.0. The number of carbonyl (C=O) groups is 1. The van der Waals surface area contributed by atoms with E-state index in [4.69, 9.17) is 9.84 Å². The number of rotatable bonds is 7. The zero-order chi connectivity index (χ0) is 10.1. The fourth-order valence-corrected chi connectivity index (χ4v) is 0.935.